The van der Waals surface area contributed by atoms with Gasteiger partial charge in [0.2, 0.25) is 7.14 Å². The summed E-state index contributed by atoms with van der Waals surface area (Å²) in [5.41, 5.74) is 1.42. The molecule has 2 aromatic heterocycles. The third kappa shape index (κ3) is 1.04. The van der Waals surface area contributed by atoms with Crippen molar-refractivity contribution in [2.75, 3.05) is 12.4 Å². The maximum Gasteiger partial charge on any atom is 0.295 e. The molecule has 2 bridgehead atoms. The standard InChI is InChI=1S/C12H13N2O3P/c1-5(2)4-6-7(14-12(13-3)16-6)8-9-10-11(17-8)18(9,10)15/h5H,4H2,1-3H3,(H,13,14). The summed E-state index contributed by atoms with van der Waals surface area (Å²) in [4.78, 5) is 4.38. The molecule has 1 atom stereocenters. The lowest BCUT2D eigenvalue weighted by atomic mass is 10.1. The van der Waals surface area contributed by atoms with E-state index >= 15 is 0 Å². The molecule has 94 valence electrons. The van der Waals surface area contributed by atoms with E-state index < -0.39 is 7.14 Å². The van der Waals surface area contributed by atoms with Crippen LogP contribution in [-0.4, -0.2) is 12.0 Å². The van der Waals surface area contributed by atoms with Gasteiger partial charge in [-0.2, -0.15) is 4.98 Å². The predicted molar refractivity (Wildman–Crippen MR) is 68.8 cm³/mol. The minimum Gasteiger partial charge on any atom is -0.449 e. The van der Waals surface area contributed by atoms with Gasteiger partial charge >= 0.3 is 0 Å². The molecule has 0 aliphatic carbocycles. The van der Waals surface area contributed by atoms with Gasteiger partial charge in [-0.15, -0.1) is 0 Å². The highest BCUT2D eigenvalue weighted by atomic mass is 31.2. The highest BCUT2D eigenvalue weighted by Crippen LogP contribution is 2.70. The summed E-state index contributed by atoms with van der Waals surface area (Å²) in [5, 5.41) is 4.75. The monoisotopic (exact) mass is 264 g/mol. The Bertz CT molecular complexity index is 717. The maximum absolute atomic E-state index is 12.0. The van der Waals surface area contributed by atoms with Crippen molar-refractivity contribution < 1.29 is 13.4 Å². The van der Waals surface area contributed by atoms with Crippen LogP contribution in [0.15, 0.2) is 8.83 Å². The number of fused-ring (bicyclic) bond motifs is 1. The first-order valence-corrected chi connectivity index (χ1v) is 7.74. The number of aromatic nitrogens is 1. The van der Waals surface area contributed by atoms with Crippen LogP contribution in [0.5, 0.6) is 0 Å². The summed E-state index contributed by atoms with van der Waals surface area (Å²) in [5.74, 6) is 1.94. The van der Waals surface area contributed by atoms with E-state index in [0.717, 1.165) is 22.8 Å². The molecule has 0 fully saturated rings. The SMILES string of the molecule is CNc1nc(-c2oc3c4c2P34=O)c(CC(C)C)o1. The van der Waals surface area contributed by atoms with E-state index in [1.807, 2.05) is 0 Å². The van der Waals surface area contributed by atoms with Crippen molar-refractivity contribution >= 4 is 29.3 Å². The Morgan fingerprint density at radius 1 is 1.33 bits per heavy atom. The molecule has 0 saturated heterocycles. The van der Waals surface area contributed by atoms with Crippen molar-refractivity contribution in [2.24, 2.45) is 5.92 Å². The topological polar surface area (TPSA) is 68.3 Å². The Morgan fingerprint density at radius 3 is 2.56 bits per heavy atom. The van der Waals surface area contributed by atoms with E-state index in [4.69, 9.17) is 8.83 Å². The van der Waals surface area contributed by atoms with Crippen molar-refractivity contribution in [2.45, 2.75) is 20.3 Å². The fourth-order valence-corrected chi connectivity index (χ4v) is 4.89. The van der Waals surface area contributed by atoms with Gasteiger partial charge < -0.3 is 18.7 Å². The number of anilines is 1. The van der Waals surface area contributed by atoms with E-state index in [9.17, 15) is 4.57 Å². The Hall–Kier alpha value is -1.48. The van der Waals surface area contributed by atoms with E-state index in [1.165, 1.54) is 0 Å². The van der Waals surface area contributed by atoms with E-state index in [1.54, 1.807) is 7.05 Å². The molecule has 0 saturated carbocycles. The lowest BCUT2D eigenvalue weighted by Crippen LogP contribution is -1.99. The molecule has 5 rings (SSSR count). The molecule has 1 N–H and O–H groups in total. The van der Waals surface area contributed by atoms with Crippen LogP contribution in [0.25, 0.3) is 11.5 Å². The second-order valence-electron chi connectivity index (χ2n) is 5.18. The number of rotatable bonds is 4. The number of nitrogens with one attached hydrogen (secondary N) is 1. The molecule has 0 amide bonds. The quantitative estimate of drug-likeness (QED) is 0.565. The van der Waals surface area contributed by atoms with Crippen molar-refractivity contribution in [1.29, 1.82) is 0 Å². The fraction of sp³-hybridized carbons (Fsp3) is 0.417. The molecule has 1 unspecified atom stereocenters. The van der Waals surface area contributed by atoms with Gasteiger partial charge in [0.15, 0.2) is 17.0 Å². The first kappa shape index (κ1) is 10.4. The normalized spacial score (nSPS) is 22.2. The molecule has 5 heterocycles. The van der Waals surface area contributed by atoms with Gasteiger partial charge in [-0.25, -0.2) is 0 Å². The summed E-state index contributed by atoms with van der Waals surface area (Å²) in [6.45, 7) is 4.24. The Labute approximate surface area is 104 Å². The number of hydrogen-bond acceptors (Lipinski definition) is 5. The van der Waals surface area contributed by atoms with Gasteiger partial charge in [0.1, 0.15) is 5.76 Å². The van der Waals surface area contributed by atoms with Crippen LogP contribution < -0.4 is 21.4 Å². The number of hydrogen-bond donors (Lipinski definition) is 1. The van der Waals surface area contributed by atoms with Crippen LogP contribution in [0.2, 0.25) is 0 Å². The molecule has 3 aliphatic rings. The van der Waals surface area contributed by atoms with Crippen LogP contribution in [0, 0.1) is 5.92 Å². The van der Waals surface area contributed by atoms with E-state index in [-0.39, 0.29) is 0 Å². The molecule has 0 aromatic carbocycles. The second-order valence-corrected chi connectivity index (χ2v) is 7.70. The van der Waals surface area contributed by atoms with E-state index in [0.29, 0.717) is 28.9 Å². The molecule has 0 spiro atoms. The minimum atomic E-state index is -2.18. The van der Waals surface area contributed by atoms with Crippen LogP contribution in [-0.2, 0) is 11.0 Å². The zero-order chi connectivity index (χ0) is 12.7. The number of nitrogens with zero attached hydrogens (tertiary/aromatic N) is 1. The molecule has 0 radical (unpaired) electrons. The smallest absolute Gasteiger partial charge is 0.295 e. The third-order valence-corrected chi connectivity index (χ3v) is 5.93. The minimum absolute atomic E-state index is 0.465. The summed E-state index contributed by atoms with van der Waals surface area (Å²) < 4.78 is 23.2. The van der Waals surface area contributed by atoms with Gasteiger partial charge in [-0.3, -0.25) is 0 Å². The van der Waals surface area contributed by atoms with Crippen molar-refractivity contribution in [3.63, 3.8) is 0 Å². The first-order chi connectivity index (χ1) is 8.57. The lowest BCUT2D eigenvalue weighted by molar-refractivity contribution is 0.480. The Kier molecular flexibility index (Phi) is 1.69. The lowest BCUT2D eigenvalue weighted by Gasteiger charge is -2.01. The Morgan fingerprint density at radius 2 is 2.06 bits per heavy atom. The van der Waals surface area contributed by atoms with Crippen LogP contribution >= 0.6 is 7.14 Å². The van der Waals surface area contributed by atoms with Gasteiger partial charge in [0, 0.05) is 13.5 Å². The predicted octanol–water partition coefficient (Wildman–Crippen LogP) is 1.44. The molecule has 3 aliphatic heterocycles. The molecular weight excluding hydrogens is 251 g/mol. The highest BCUT2D eigenvalue weighted by Gasteiger charge is 2.75. The van der Waals surface area contributed by atoms with Crippen molar-refractivity contribution in [1.82, 2.24) is 4.98 Å². The van der Waals surface area contributed by atoms with Crippen LogP contribution in [0.3, 0.4) is 0 Å². The second kappa shape index (κ2) is 2.91. The largest absolute Gasteiger partial charge is 0.449 e. The number of oxazole rings is 1. The van der Waals surface area contributed by atoms with E-state index in [2.05, 4.69) is 24.1 Å². The van der Waals surface area contributed by atoms with Crippen LogP contribution in [0.4, 0.5) is 6.01 Å². The van der Waals surface area contributed by atoms with Gasteiger partial charge in [0.05, 0.1) is 10.6 Å². The molecule has 18 heavy (non-hydrogen) atoms. The summed E-state index contributed by atoms with van der Waals surface area (Å²) in [6, 6.07) is 0.477. The molecular formula is C12H13N2O3P. The third-order valence-electron chi connectivity index (χ3n) is 3.38. The first-order valence-electron chi connectivity index (χ1n) is 6.03. The van der Waals surface area contributed by atoms with Gasteiger partial charge in [-0.1, -0.05) is 13.8 Å². The molecule has 6 heteroatoms. The Balaban J connectivity index is 1.81. The number of furan rings is 1. The molecule has 5 nitrogen and oxygen atoms in total. The van der Waals surface area contributed by atoms with Gasteiger partial charge in [0.25, 0.3) is 6.01 Å². The van der Waals surface area contributed by atoms with Crippen molar-refractivity contribution in [3.8, 4) is 11.5 Å². The molecule has 2 aromatic rings. The summed E-state index contributed by atoms with van der Waals surface area (Å²) in [7, 11) is -0.417. The fourth-order valence-electron chi connectivity index (χ4n) is 2.41. The summed E-state index contributed by atoms with van der Waals surface area (Å²) >= 11 is 0. The maximum atomic E-state index is 12.0. The van der Waals surface area contributed by atoms with Gasteiger partial charge in [-0.05, 0) is 5.92 Å². The average molecular weight is 264 g/mol. The van der Waals surface area contributed by atoms with Crippen LogP contribution in [0.1, 0.15) is 19.6 Å². The summed E-state index contributed by atoms with van der Waals surface area (Å²) in [6.07, 6.45) is 0.791. The highest BCUT2D eigenvalue weighted by molar-refractivity contribution is 8.06. The van der Waals surface area contributed by atoms with Crippen molar-refractivity contribution in [3.05, 3.63) is 5.76 Å². The average Bonchev–Trinajstić information content (AvgIpc) is 2.90. The zero-order valence-electron chi connectivity index (χ0n) is 10.4. The zero-order valence-corrected chi connectivity index (χ0v) is 11.3.